The molecule has 28 heavy (non-hydrogen) atoms. The van der Waals surface area contributed by atoms with Crippen molar-refractivity contribution in [1.82, 2.24) is 9.21 Å². The molecule has 5 nitrogen and oxygen atoms in total. The van der Waals surface area contributed by atoms with Gasteiger partial charge in [-0.05, 0) is 49.1 Å². The first kappa shape index (κ1) is 20.6. The van der Waals surface area contributed by atoms with Crippen LogP contribution in [0.3, 0.4) is 0 Å². The first-order valence-electron chi connectivity index (χ1n) is 9.93. The lowest BCUT2D eigenvalue weighted by atomic mass is 10.0. The molecule has 1 heterocycles. The number of fused-ring (bicyclic) bond motifs is 1. The molecule has 0 aromatic heterocycles. The van der Waals surface area contributed by atoms with Crippen molar-refractivity contribution in [3.05, 3.63) is 65.2 Å². The van der Waals surface area contributed by atoms with Crippen LogP contribution in [0, 0.1) is 0 Å². The summed E-state index contributed by atoms with van der Waals surface area (Å²) >= 11 is 0. The predicted octanol–water partition coefficient (Wildman–Crippen LogP) is 3.70. The number of carbonyl (C=O) groups excluding carboxylic acids is 1. The Balaban J connectivity index is 1.84. The number of amides is 1. The van der Waals surface area contributed by atoms with Gasteiger partial charge in [-0.25, -0.2) is 8.42 Å². The highest BCUT2D eigenvalue weighted by Gasteiger charge is 2.29. The average Bonchev–Trinajstić information content (AvgIpc) is 2.73. The van der Waals surface area contributed by atoms with Gasteiger partial charge in [0, 0.05) is 31.7 Å². The summed E-state index contributed by atoms with van der Waals surface area (Å²) in [4.78, 5) is 14.8. The van der Waals surface area contributed by atoms with Gasteiger partial charge in [0.1, 0.15) is 0 Å². The average molecular weight is 401 g/mol. The second-order valence-electron chi connectivity index (χ2n) is 7.12. The van der Waals surface area contributed by atoms with Crippen LogP contribution in [0.5, 0.6) is 0 Å². The van der Waals surface area contributed by atoms with Crippen LogP contribution in [0.4, 0.5) is 0 Å². The van der Waals surface area contributed by atoms with Gasteiger partial charge >= 0.3 is 0 Å². The van der Waals surface area contributed by atoms with Crippen LogP contribution in [0.25, 0.3) is 0 Å². The lowest BCUT2D eigenvalue weighted by molar-refractivity contribution is 0.0762. The van der Waals surface area contributed by atoms with Crippen molar-refractivity contribution in [3.63, 3.8) is 0 Å². The number of unbranched alkanes of at least 4 members (excludes halogenated alkanes) is 1. The largest absolute Gasteiger partial charge is 0.339 e. The molecule has 0 saturated heterocycles. The summed E-state index contributed by atoms with van der Waals surface area (Å²) in [7, 11) is -3.65. The zero-order valence-corrected chi connectivity index (χ0v) is 17.4. The SMILES string of the molecule is CCCCN(CC)C(=O)c1cccc(S(=O)(=O)N2CCc3ccccc3C2)c1. The molecular formula is C22H28N2O3S. The van der Waals surface area contributed by atoms with Crippen LogP contribution in [0.15, 0.2) is 53.4 Å². The van der Waals surface area contributed by atoms with Gasteiger partial charge in [-0.15, -0.1) is 0 Å². The minimum absolute atomic E-state index is 0.114. The molecule has 0 saturated carbocycles. The van der Waals surface area contributed by atoms with Gasteiger partial charge in [0.05, 0.1) is 4.90 Å². The van der Waals surface area contributed by atoms with Crippen molar-refractivity contribution in [2.75, 3.05) is 19.6 Å². The van der Waals surface area contributed by atoms with Crippen molar-refractivity contribution in [1.29, 1.82) is 0 Å². The van der Waals surface area contributed by atoms with Crippen LogP contribution in [-0.4, -0.2) is 43.2 Å². The third-order valence-electron chi connectivity index (χ3n) is 5.26. The molecule has 0 radical (unpaired) electrons. The van der Waals surface area contributed by atoms with E-state index in [9.17, 15) is 13.2 Å². The van der Waals surface area contributed by atoms with E-state index in [0.29, 0.717) is 38.2 Å². The summed E-state index contributed by atoms with van der Waals surface area (Å²) < 4.78 is 27.9. The fourth-order valence-electron chi connectivity index (χ4n) is 3.55. The van der Waals surface area contributed by atoms with Gasteiger partial charge < -0.3 is 4.90 Å². The third-order valence-corrected chi connectivity index (χ3v) is 7.11. The molecular weight excluding hydrogens is 372 g/mol. The maximum atomic E-state index is 13.2. The van der Waals surface area contributed by atoms with Crippen LogP contribution >= 0.6 is 0 Å². The molecule has 0 unspecified atom stereocenters. The van der Waals surface area contributed by atoms with Crippen molar-refractivity contribution >= 4 is 15.9 Å². The van der Waals surface area contributed by atoms with E-state index in [0.717, 1.165) is 18.4 Å². The zero-order chi connectivity index (χ0) is 20.1. The molecule has 0 aliphatic carbocycles. The van der Waals surface area contributed by atoms with Crippen molar-refractivity contribution < 1.29 is 13.2 Å². The van der Waals surface area contributed by atoms with Gasteiger partial charge in [0.15, 0.2) is 0 Å². The summed E-state index contributed by atoms with van der Waals surface area (Å²) in [6, 6.07) is 14.4. The Bertz CT molecular complexity index is 940. The highest BCUT2D eigenvalue weighted by atomic mass is 32.2. The Kier molecular flexibility index (Phi) is 6.52. The lowest BCUT2D eigenvalue weighted by Crippen LogP contribution is -2.36. The van der Waals surface area contributed by atoms with Crippen molar-refractivity contribution in [3.8, 4) is 0 Å². The van der Waals surface area contributed by atoms with Crippen LogP contribution in [-0.2, 0) is 23.0 Å². The molecule has 0 bridgehead atoms. The fraction of sp³-hybridized carbons (Fsp3) is 0.409. The van der Waals surface area contributed by atoms with Crippen LogP contribution in [0.1, 0.15) is 48.2 Å². The molecule has 6 heteroatoms. The molecule has 0 spiro atoms. The van der Waals surface area contributed by atoms with E-state index in [-0.39, 0.29) is 10.8 Å². The standard InChI is InChI=1S/C22H28N2O3S/c1-3-5-14-23(4-2)22(25)19-11-8-12-21(16-19)28(26,27)24-15-13-18-9-6-7-10-20(18)17-24/h6-12,16H,3-5,13-15,17H2,1-2H3. The summed E-state index contributed by atoms with van der Waals surface area (Å²) in [5.41, 5.74) is 2.67. The molecule has 150 valence electrons. The zero-order valence-electron chi connectivity index (χ0n) is 16.6. The topological polar surface area (TPSA) is 57.7 Å². The number of nitrogens with zero attached hydrogens (tertiary/aromatic N) is 2. The maximum Gasteiger partial charge on any atom is 0.253 e. The molecule has 1 aliphatic heterocycles. The Morgan fingerprint density at radius 3 is 2.54 bits per heavy atom. The molecule has 0 fully saturated rings. The van der Waals surface area contributed by atoms with Gasteiger partial charge in [-0.2, -0.15) is 4.31 Å². The van der Waals surface area contributed by atoms with E-state index in [1.54, 1.807) is 23.1 Å². The highest BCUT2D eigenvalue weighted by Crippen LogP contribution is 2.25. The Hall–Kier alpha value is -2.18. The first-order valence-corrected chi connectivity index (χ1v) is 11.4. The smallest absolute Gasteiger partial charge is 0.253 e. The Morgan fingerprint density at radius 1 is 1.07 bits per heavy atom. The molecule has 2 aromatic carbocycles. The monoisotopic (exact) mass is 400 g/mol. The summed E-state index contributed by atoms with van der Waals surface area (Å²) in [6.45, 7) is 6.15. The number of rotatable bonds is 7. The van der Waals surface area contributed by atoms with Crippen LogP contribution < -0.4 is 0 Å². The summed E-state index contributed by atoms with van der Waals surface area (Å²) in [5, 5.41) is 0. The Labute approximate surface area is 168 Å². The number of hydrogen-bond acceptors (Lipinski definition) is 3. The molecule has 0 atom stereocenters. The quantitative estimate of drug-likeness (QED) is 0.712. The van der Waals surface area contributed by atoms with Gasteiger partial charge in [0.2, 0.25) is 10.0 Å². The van der Waals surface area contributed by atoms with E-state index in [1.807, 2.05) is 31.2 Å². The predicted molar refractivity (Wildman–Crippen MR) is 111 cm³/mol. The molecule has 1 aliphatic rings. The fourth-order valence-corrected chi connectivity index (χ4v) is 5.01. The summed E-state index contributed by atoms with van der Waals surface area (Å²) in [6.07, 6.45) is 2.65. The third kappa shape index (κ3) is 4.28. The van der Waals surface area contributed by atoms with E-state index in [2.05, 4.69) is 6.92 Å². The molecule has 2 aromatic rings. The van der Waals surface area contributed by atoms with Gasteiger partial charge in [-0.1, -0.05) is 43.7 Å². The normalized spacial score (nSPS) is 14.5. The minimum Gasteiger partial charge on any atom is -0.339 e. The first-order chi connectivity index (χ1) is 13.5. The van der Waals surface area contributed by atoms with Crippen molar-refractivity contribution in [2.45, 2.75) is 44.6 Å². The second kappa shape index (κ2) is 8.88. The lowest BCUT2D eigenvalue weighted by Gasteiger charge is -2.28. The van der Waals surface area contributed by atoms with Gasteiger partial charge in [0.25, 0.3) is 5.91 Å². The number of sulfonamides is 1. The summed E-state index contributed by atoms with van der Waals surface area (Å²) in [5.74, 6) is -0.114. The highest BCUT2D eigenvalue weighted by molar-refractivity contribution is 7.89. The van der Waals surface area contributed by atoms with E-state index >= 15 is 0 Å². The van der Waals surface area contributed by atoms with Crippen LogP contribution in [0.2, 0.25) is 0 Å². The van der Waals surface area contributed by atoms with E-state index in [4.69, 9.17) is 0 Å². The second-order valence-corrected chi connectivity index (χ2v) is 9.06. The molecule has 3 rings (SSSR count). The number of benzene rings is 2. The molecule has 0 N–H and O–H groups in total. The Morgan fingerprint density at radius 2 is 1.82 bits per heavy atom. The van der Waals surface area contributed by atoms with Gasteiger partial charge in [-0.3, -0.25) is 4.79 Å². The number of carbonyl (C=O) groups is 1. The maximum absolute atomic E-state index is 13.2. The molecule has 1 amide bonds. The van der Waals surface area contributed by atoms with E-state index in [1.165, 1.54) is 15.9 Å². The minimum atomic E-state index is -3.65. The van der Waals surface area contributed by atoms with E-state index < -0.39 is 10.0 Å². The van der Waals surface area contributed by atoms with Crippen molar-refractivity contribution in [2.24, 2.45) is 0 Å². The number of hydrogen-bond donors (Lipinski definition) is 0.